The lowest BCUT2D eigenvalue weighted by Gasteiger charge is -2.18. The number of nitro benzene ring substituents is 1. The molecule has 0 aromatic heterocycles. The van der Waals surface area contributed by atoms with Crippen LogP contribution in [0.5, 0.6) is 0 Å². The van der Waals surface area contributed by atoms with E-state index in [-0.39, 0.29) is 11.7 Å². The molecule has 0 bridgehead atoms. The maximum atomic E-state index is 12.0. The van der Waals surface area contributed by atoms with Crippen molar-refractivity contribution in [3.63, 3.8) is 0 Å². The zero-order valence-electron chi connectivity index (χ0n) is 11.5. The lowest BCUT2D eigenvalue weighted by atomic mass is 10.2. The maximum Gasteiger partial charge on any atom is 0.321 e. The van der Waals surface area contributed by atoms with Crippen LogP contribution in [0.1, 0.15) is 5.56 Å². The molecule has 0 spiro atoms. The third-order valence-corrected chi connectivity index (χ3v) is 2.91. The number of nitro groups is 1. The SMILES string of the molecule is CN(Cc1cccc([N+](=O)[O-])c1)C(=O)Nc1ccccc1. The van der Waals surface area contributed by atoms with Crippen LogP contribution in [0.15, 0.2) is 54.6 Å². The van der Waals surface area contributed by atoms with E-state index < -0.39 is 4.92 Å². The van der Waals surface area contributed by atoms with Crippen LogP contribution in [-0.2, 0) is 6.54 Å². The molecule has 0 aliphatic carbocycles. The summed E-state index contributed by atoms with van der Waals surface area (Å²) in [7, 11) is 1.64. The van der Waals surface area contributed by atoms with Gasteiger partial charge >= 0.3 is 6.03 Å². The summed E-state index contributed by atoms with van der Waals surface area (Å²) < 4.78 is 0. The van der Waals surface area contributed by atoms with Gasteiger partial charge in [0.05, 0.1) is 4.92 Å². The summed E-state index contributed by atoms with van der Waals surface area (Å²) in [6, 6.07) is 15.1. The number of non-ortho nitro benzene ring substituents is 1. The van der Waals surface area contributed by atoms with Crippen LogP contribution >= 0.6 is 0 Å². The minimum atomic E-state index is -0.451. The van der Waals surface area contributed by atoms with Crippen molar-refractivity contribution in [1.29, 1.82) is 0 Å². The Hall–Kier alpha value is -2.89. The Labute approximate surface area is 122 Å². The highest BCUT2D eigenvalue weighted by Gasteiger charge is 2.11. The average molecular weight is 285 g/mol. The Bertz CT molecular complexity index is 644. The molecule has 1 N–H and O–H groups in total. The number of anilines is 1. The van der Waals surface area contributed by atoms with Gasteiger partial charge in [0.2, 0.25) is 0 Å². The van der Waals surface area contributed by atoms with Crippen molar-refractivity contribution in [3.05, 3.63) is 70.3 Å². The molecule has 0 saturated heterocycles. The number of amides is 2. The summed E-state index contributed by atoms with van der Waals surface area (Å²) in [6.45, 7) is 0.292. The molecule has 0 aliphatic heterocycles. The smallest absolute Gasteiger partial charge is 0.321 e. The van der Waals surface area contributed by atoms with E-state index in [0.717, 1.165) is 0 Å². The van der Waals surface area contributed by atoms with Crippen LogP contribution in [0.3, 0.4) is 0 Å². The van der Waals surface area contributed by atoms with Gasteiger partial charge in [-0.3, -0.25) is 10.1 Å². The predicted molar refractivity (Wildman–Crippen MR) is 80.0 cm³/mol. The van der Waals surface area contributed by atoms with E-state index >= 15 is 0 Å². The molecule has 6 nitrogen and oxygen atoms in total. The highest BCUT2D eigenvalue weighted by molar-refractivity contribution is 5.89. The van der Waals surface area contributed by atoms with Crippen molar-refractivity contribution in [3.8, 4) is 0 Å². The molecule has 21 heavy (non-hydrogen) atoms. The quantitative estimate of drug-likeness (QED) is 0.692. The number of para-hydroxylation sites is 1. The van der Waals surface area contributed by atoms with Gasteiger partial charge in [-0.2, -0.15) is 0 Å². The van der Waals surface area contributed by atoms with Gasteiger partial charge in [-0.1, -0.05) is 30.3 Å². The molecular weight excluding hydrogens is 270 g/mol. The largest absolute Gasteiger partial charge is 0.323 e. The van der Waals surface area contributed by atoms with Crippen LogP contribution in [0.25, 0.3) is 0 Å². The Kier molecular flexibility index (Phi) is 4.50. The molecular formula is C15H15N3O3. The Morgan fingerprint density at radius 2 is 1.90 bits per heavy atom. The van der Waals surface area contributed by atoms with Gasteiger partial charge in [0.25, 0.3) is 5.69 Å². The van der Waals surface area contributed by atoms with E-state index in [2.05, 4.69) is 5.32 Å². The molecule has 6 heteroatoms. The van der Waals surface area contributed by atoms with Crippen molar-refractivity contribution in [1.82, 2.24) is 4.90 Å². The second kappa shape index (κ2) is 6.51. The molecule has 2 amide bonds. The standard InChI is InChI=1S/C15H15N3O3/c1-17(15(19)16-13-7-3-2-4-8-13)11-12-6-5-9-14(10-12)18(20)21/h2-10H,11H2,1H3,(H,16,19). The third-order valence-electron chi connectivity index (χ3n) is 2.91. The fourth-order valence-corrected chi connectivity index (χ4v) is 1.85. The first kappa shape index (κ1) is 14.5. The first-order valence-electron chi connectivity index (χ1n) is 6.37. The van der Waals surface area contributed by atoms with Gasteiger partial charge in [0.1, 0.15) is 0 Å². The monoisotopic (exact) mass is 285 g/mol. The van der Waals surface area contributed by atoms with Crippen molar-refractivity contribution in [2.24, 2.45) is 0 Å². The number of hydrogen-bond acceptors (Lipinski definition) is 3. The fraction of sp³-hybridized carbons (Fsp3) is 0.133. The number of nitrogens with one attached hydrogen (secondary N) is 1. The number of carbonyl (C=O) groups excluding carboxylic acids is 1. The van der Waals surface area contributed by atoms with Gasteiger partial charge in [0, 0.05) is 31.4 Å². The highest BCUT2D eigenvalue weighted by atomic mass is 16.6. The van der Waals surface area contributed by atoms with E-state index in [9.17, 15) is 14.9 Å². The normalized spacial score (nSPS) is 9.95. The van der Waals surface area contributed by atoms with E-state index in [1.807, 2.05) is 18.2 Å². The number of carbonyl (C=O) groups is 1. The lowest BCUT2D eigenvalue weighted by Crippen LogP contribution is -2.30. The molecule has 0 heterocycles. The first-order chi connectivity index (χ1) is 10.1. The van der Waals surface area contributed by atoms with Crippen LogP contribution < -0.4 is 5.32 Å². The molecule has 2 aromatic rings. The van der Waals surface area contributed by atoms with Gasteiger partial charge in [-0.25, -0.2) is 4.79 Å². The number of hydrogen-bond donors (Lipinski definition) is 1. The van der Waals surface area contributed by atoms with Crippen LogP contribution in [0.2, 0.25) is 0 Å². The van der Waals surface area contributed by atoms with Crippen molar-refractivity contribution < 1.29 is 9.72 Å². The Morgan fingerprint density at radius 1 is 1.19 bits per heavy atom. The molecule has 0 radical (unpaired) electrons. The summed E-state index contributed by atoms with van der Waals surface area (Å²) in [4.78, 5) is 23.8. The second-order valence-corrected chi connectivity index (χ2v) is 4.58. The number of rotatable bonds is 4. The van der Waals surface area contributed by atoms with Gasteiger partial charge < -0.3 is 10.2 Å². The van der Waals surface area contributed by atoms with Crippen LogP contribution in [-0.4, -0.2) is 22.9 Å². The molecule has 0 unspecified atom stereocenters. The molecule has 0 fully saturated rings. The van der Waals surface area contributed by atoms with E-state index in [1.54, 1.807) is 31.3 Å². The third kappa shape index (κ3) is 4.04. The fourth-order valence-electron chi connectivity index (χ4n) is 1.85. The van der Waals surface area contributed by atoms with Gasteiger partial charge in [0.15, 0.2) is 0 Å². The summed E-state index contributed by atoms with van der Waals surface area (Å²) in [5.41, 5.74) is 1.42. The highest BCUT2D eigenvalue weighted by Crippen LogP contribution is 2.15. The minimum absolute atomic E-state index is 0.0179. The molecule has 0 saturated carbocycles. The lowest BCUT2D eigenvalue weighted by molar-refractivity contribution is -0.384. The summed E-state index contributed by atoms with van der Waals surface area (Å²) in [6.07, 6.45) is 0. The molecule has 108 valence electrons. The maximum absolute atomic E-state index is 12.0. The van der Waals surface area contributed by atoms with E-state index in [0.29, 0.717) is 17.8 Å². The molecule has 2 aromatic carbocycles. The average Bonchev–Trinajstić information content (AvgIpc) is 2.48. The zero-order valence-corrected chi connectivity index (χ0v) is 11.5. The Balaban J connectivity index is 2.00. The van der Waals surface area contributed by atoms with Crippen LogP contribution in [0, 0.1) is 10.1 Å². The van der Waals surface area contributed by atoms with Crippen molar-refractivity contribution in [2.75, 3.05) is 12.4 Å². The van der Waals surface area contributed by atoms with Crippen molar-refractivity contribution in [2.45, 2.75) is 6.54 Å². The minimum Gasteiger partial charge on any atom is -0.323 e. The second-order valence-electron chi connectivity index (χ2n) is 4.58. The van der Waals surface area contributed by atoms with E-state index in [1.165, 1.54) is 17.0 Å². The van der Waals surface area contributed by atoms with Crippen molar-refractivity contribution >= 4 is 17.4 Å². The number of benzene rings is 2. The topological polar surface area (TPSA) is 75.5 Å². The first-order valence-corrected chi connectivity index (χ1v) is 6.37. The summed E-state index contributed by atoms with van der Waals surface area (Å²) >= 11 is 0. The van der Waals surface area contributed by atoms with E-state index in [4.69, 9.17) is 0 Å². The molecule has 0 atom stereocenters. The number of urea groups is 1. The Morgan fingerprint density at radius 3 is 2.57 bits per heavy atom. The van der Waals surface area contributed by atoms with Gasteiger partial charge in [-0.05, 0) is 17.7 Å². The molecule has 2 rings (SSSR count). The van der Waals surface area contributed by atoms with Crippen LogP contribution in [0.4, 0.5) is 16.2 Å². The molecule has 0 aliphatic rings. The van der Waals surface area contributed by atoms with Gasteiger partial charge in [-0.15, -0.1) is 0 Å². The zero-order chi connectivity index (χ0) is 15.2. The predicted octanol–water partition coefficient (Wildman–Crippen LogP) is 3.26. The number of nitrogens with zero attached hydrogens (tertiary/aromatic N) is 2. The summed E-state index contributed by atoms with van der Waals surface area (Å²) in [5.74, 6) is 0. The summed E-state index contributed by atoms with van der Waals surface area (Å²) in [5, 5.41) is 13.5.